The monoisotopic (exact) mass is 447 g/mol. The molecule has 6 heteroatoms. The van der Waals surface area contributed by atoms with Crippen molar-refractivity contribution in [1.29, 1.82) is 0 Å². The highest BCUT2D eigenvalue weighted by Crippen LogP contribution is 2.53. The fraction of sp³-hybridized carbons (Fsp3) is 0.308. The van der Waals surface area contributed by atoms with E-state index < -0.39 is 0 Å². The topological polar surface area (TPSA) is 68.7 Å². The number of benzene rings is 2. The maximum Gasteiger partial charge on any atom is 0.219 e. The first-order chi connectivity index (χ1) is 15.5. The average molecular weight is 448 g/mol. The molecule has 1 aromatic heterocycles. The number of aryl methyl sites for hydroxylation is 1. The molecule has 32 heavy (non-hydrogen) atoms. The van der Waals surface area contributed by atoms with E-state index in [1.165, 1.54) is 0 Å². The van der Waals surface area contributed by atoms with Gasteiger partial charge in [0.1, 0.15) is 11.5 Å². The van der Waals surface area contributed by atoms with Crippen LogP contribution < -0.4 is 4.74 Å². The van der Waals surface area contributed by atoms with Crippen LogP contribution in [0.2, 0.25) is 5.02 Å². The number of rotatable bonds is 4. The predicted octanol–water partition coefficient (Wildman–Crippen LogP) is 5.89. The molecule has 3 aliphatic rings. The lowest BCUT2D eigenvalue weighted by Crippen LogP contribution is -2.29. The molecule has 0 spiro atoms. The second-order valence-electron chi connectivity index (χ2n) is 8.73. The van der Waals surface area contributed by atoms with Crippen LogP contribution in [0.25, 0.3) is 16.5 Å². The highest BCUT2D eigenvalue weighted by molar-refractivity contribution is 6.31. The Hall–Kier alpha value is -2.89. The van der Waals surface area contributed by atoms with Gasteiger partial charge in [-0.2, -0.15) is 0 Å². The third-order valence-electron chi connectivity index (χ3n) is 6.97. The van der Waals surface area contributed by atoms with Gasteiger partial charge in [-0.25, -0.2) is 4.98 Å². The van der Waals surface area contributed by atoms with Crippen molar-refractivity contribution in [3.63, 3.8) is 0 Å². The third-order valence-corrected chi connectivity index (χ3v) is 7.20. The van der Waals surface area contributed by atoms with Gasteiger partial charge in [-0.15, -0.1) is 0 Å². The van der Waals surface area contributed by atoms with Gasteiger partial charge < -0.3 is 14.6 Å². The minimum Gasteiger partial charge on any atom is -0.511 e. The number of fused-ring (bicyclic) bond motifs is 6. The molecule has 1 aliphatic carbocycles. The number of aliphatic hydroxyl groups is 1. The van der Waals surface area contributed by atoms with Gasteiger partial charge in [-0.1, -0.05) is 24.6 Å². The predicted molar refractivity (Wildman–Crippen MR) is 122 cm³/mol. The number of halogens is 1. The van der Waals surface area contributed by atoms with Crippen LogP contribution in [0.4, 0.5) is 0 Å². The van der Waals surface area contributed by atoms with Gasteiger partial charge >= 0.3 is 0 Å². The largest absolute Gasteiger partial charge is 0.511 e. The standard InChI is InChI=1S/C26H22ClNO4/c1-2-13-12-16(31-21-10-3-14-11-15(27)4-7-18(14)28-21)5-6-17(13)22-25(29)23-19-8-9-20(32-19)24(23)26(22)30/h3-7,10-12,19-20,23-24,29H,2,8-9H2,1H3/t19?,20-,23+,24-/m0/s1. The molecule has 4 atom stereocenters. The van der Waals surface area contributed by atoms with E-state index >= 15 is 0 Å². The molecular weight excluding hydrogens is 426 g/mol. The van der Waals surface area contributed by atoms with Gasteiger partial charge in [-0.05, 0) is 66.8 Å². The Morgan fingerprint density at radius 2 is 1.91 bits per heavy atom. The molecular formula is C26H22ClNO4. The normalized spacial score (nSPS) is 26.2. The van der Waals surface area contributed by atoms with Gasteiger partial charge in [0, 0.05) is 16.5 Å². The van der Waals surface area contributed by atoms with E-state index in [-0.39, 0.29) is 35.6 Å². The second-order valence-corrected chi connectivity index (χ2v) is 9.16. The molecule has 2 saturated heterocycles. The molecule has 2 fully saturated rings. The molecule has 6 rings (SSSR count). The SMILES string of the molecule is CCc1cc(Oc2ccc3cc(Cl)ccc3n2)ccc1C1=C(O)[C@@H]2C3CC[C@H](O3)[C@@H]2C1=O. The van der Waals surface area contributed by atoms with Crippen molar-refractivity contribution < 1.29 is 19.4 Å². The quantitative estimate of drug-likeness (QED) is 0.540. The van der Waals surface area contributed by atoms with Crippen LogP contribution in [-0.2, 0) is 16.0 Å². The maximum absolute atomic E-state index is 13.2. The lowest BCUT2D eigenvalue weighted by atomic mass is 9.80. The van der Waals surface area contributed by atoms with Crippen molar-refractivity contribution in [2.24, 2.45) is 11.8 Å². The molecule has 2 aromatic carbocycles. The van der Waals surface area contributed by atoms with E-state index in [0.717, 1.165) is 34.9 Å². The van der Waals surface area contributed by atoms with Crippen molar-refractivity contribution >= 4 is 33.9 Å². The first kappa shape index (κ1) is 19.8. The molecule has 0 radical (unpaired) electrons. The number of aliphatic hydroxyl groups excluding tert-OH is 1. The highest BCUT2D eigenvalue weighted by Gasteiger charge is 2.59. The third kappa shape index (κ3) is 2.95. The van der Waals surface area contributed by atoms with Crippen molar-refractivity contribution in [3.05, 3.63) is 70.4 Å². The summed E-state index contributed by atoms with van der Waals surface area (Å²) in [7, 11) is 0. The first-order valence-electron chi connectivity index (χ1n) is 11.0. The second kappa shape index (κ2) is 7.32. The average Bonchev–Trinajstić information content (AvgIpc) is 3.48. The summed E-state index contributed by atoms with van der Waals surface area (Å²) in [6, 6.07) is 14.9. The van der Waals surface area contributed by atoms with Crippen molar-refractivity contribution in [1.82, 2.24) is 4.98 Å². The number of pyridine rings is 1. The zero-order chi connectivity index (χ0) is 22.0. The van der Waals surface area contributed by atoms with Crippen LogP contribution in [0.1, 0.15) is 30.9 Å². The van der Waals surface area contributed by atoms with Gasteiger partial charge in [0.05, 0.1) is 35.1 Å². The lowest BCUT2D eigenvalue weighted by Gasteiger charge is -2.19. The van der Waals surface area contributed by atoms with Crippen molar-refractivity contribution in [2.75, 3.05) is 0 Å². The minimum absolute atomic E-state index is 0.0120. The number of aromatic nitrogens is 1. The Balaban J connectivity index is 1.32. The molecule has 2 aliphatic heterocycles. The Kier molecular flexibility index (Phi) is 4.52. The van der Waals surface area contributed by atoms with Crippen LogP contribution in [0.3, 0.4) is 0 Å². The zero-order valence-electron chi connectivity index (χ0n) is 17.5. The Morgan fingerprint density at radius 1 is 1.09 bits per heavy atom. The number of ether oxygens (including phenoxy) is 2. The number of carbonyl (C=O) groups is 1. The van der Waals surface area contributed by atoms with E-state index in [1.54, 1.807) is 6.07 Å². The van der Waals surface area contributed by atoms with Gasteiger partial charge in [0.15, 0.2) is 5.78 Å². The molecule has 1 unspecified atom stereocenters. The van der Waals surface area contributed by atoms with E-state index in [9.17, 15) is 9.90 Å². The molecule has 0 amide bonds. The Labute approximate surface area is 190 Å². The van der Waals surface area contributed by atoms with Crippen LogP contribution >= 0.6 is 11.6 Å². The zero-order valence-corrected chi connectivity index (χ0v) is 18.3. The summed E-state index contributed by atoms with van der Waals surface area (Å²) in [4.78, 5) is 17.8. The van der Waals surface area contributed by atoms with E-state index in [0.29, 0.717) is 28.6 Å². The van der Waals surface area contributed by atoms with Gasteiger partial charge in [-0.3, -0.25) is 4.79 Å². The molecule has 3 heterocycles. The molecule has 0 saturated carbocycles. The molecule has 5 nitrogen and oxygen atoms in total. The summed E-state index contributed by atoms with van der Waals surface area (Å²) in [6.45, 7) is 2.03. The first-order valence-corrected chi connectivity index (χ1v) is 11.4. The fourth-order valence-electron chi connectivity index (χ4n) is 5.51. The van der Waals surface area contributed by atoms with E-state index in [4.69, 9.17) is 21.1 Å². The number of Topliss-reactive ketones (excluding diaryl/α,β-unsaturated/α-hetero) is 1. The van der Waals surface area contributed by atoms with E-state index in [2.05, 4.69) is 4.98 Å². The van der Waals surface area contributed by atoms with Crippen LogP contribution in [0.15, 0.2) is 54.3 Å². The number of hydrogen-bond acceptors (Lipinski definition) is 5. The summed E-state index contributed by atoms with van der Waals surface area (Å²) in [6.07, 6.45) is 2.43. The summed E-state index contributed by atoms with van der Waals surface area (Å²) in [5.41, 5.74) is 3.01. The smallest absolute Gasteiger partial charge is 0.219 e. The molecule has 162 valence electrons. The minimum atomic E-state index is -0.236. The van der Waals surface area contributed by atoms with Crippen LogP contribution in [-0.4, -0.2) is 28.1 Å². The number of nitrogens with zero attached hydrogens (tertiary/aromatic N) is 1. The molecule has 1 N–H and O–H groups in total. The number of allylic oxidation sites excluding steroid dienone is 1. The van der Waals surface area contributed by atoms with Crippen molar-refractivity contribution in [2.45, 2.75) is 38.4 Å². The number of carbonyl (C=O) groups excluding carboxylic acids is 1. The number of hydrogen-bond donors (Lipinski definition) is 1. The summed E-state index contributed by atoms with van der Waals surface area (Å²) in [5, 5.41) is 12.6. The molecule has 2 bridgehead atoms. The van der Waals surface area contributed by atoms with Gasteiger partial charge in [0.2, 0.25) is 5.88 Å². The van der Waals surface area contributed by atoms with Crippen LogP contribution in [0, 0.1) is 11.8 Å². The Morgan fingerprint density at radius 3 is 2.69 bits per heavy atom. The van der Waals surface area contributed by atoms with Gasteiger partial charge in [0.25, 0.3) is 0 Å². The lowest BCUT2D eigenvalue weighted by molar-refractivity contribution is -0.118. The van der Waals surface area contributed by atoms with Crippen molar-refractivity contribution in [3.8, 4) is 11.6 Å². The summed E-state index contributed by atoms with van der Waals surface area (Å²) >= 11 is 6.05. The van der Waals surface area contributed by atoms with Crippen LogP contribution in [0.5, 0.6) is 11.6 Å². The summed E-state index contributed by atoms with van der Waals surface area (Å²) in [5.74, 6) is 0.910. The molecule has 3 aromatic rings. The number of ketones is 1. The summed E-state index contributed by atoms with van der Waals surface area (Å²) < 4.78 is 11.9. The fourth-order valence-corrected chi connectivity index (χ4v) is 5.69. The van der Waals surface area contributed by atoms with E-state index in [1.807, 2.05) is 49.4 Å². The maximum atomic E-state index is 13.2. The Bertz CT molecular complexity index is 1300. The highest BCUT2D eigenvalue weighted by atomic mass is 35.5.